The number of benzene rings is 2. The monoisotopic (exact) mass is 349 g/mol. The van der Waals surface area contributed by atoms with Crippen molar-refractivity contribution in [2.45, 2.75) is 25.2 Å². The minimum atomic E-state index is -0.783. The maximum absolute atomic E-state index is 13.3. The van der Waals surface area contributed by atoms with Gasteiger partial charge in [0.2, 0.25) is 0 Å². The van der Waals surface area contributed by atoms with Gasteiger partial charge < -0.3 is 10.1 Å². The first-order chi connectivity index (χ1) is 12.7. The Labute approximate surface area is 155 Å². The summed E-state index contributed by atoms with van der Waals surface area (Å²) in [6.45, 7) is 4.66. The Bertz CT molecular complexity index is 688. The van der Waals surface area contributed by atoms with E-state index in [9.17, 15) is 4.79 Å². The van der Waals surface area contributed by atoms with Crippen molar-refractivity contribution < 1.29 is 9.53 Å². The fourth-order valence-corrected chi connectivity index (χ4v) is 4.74. The van der Waals surface area contributed by atoms with Gasteiger partial charge in [-0.2, -0.15) is 0 Å². The molecular weight excluding hydrogens is 322 g/mol. The molecule has 3 nitrogen and oxygen atoms in total. The van der Waals surface area contributed by atoms with Crippen molar-refractivity contribution in [3.8, 4) is 0 Å². The van der Waals surface area contributed by atoms with Crippen molar-refractivity contribution in [1.29, 1.82) is 0 Å². The highest BCUT2D eigenvalue weighted by Crippen LogP contribution is 2.40. The molecule has 4 rings (SSSR count). The van der Waals surface area contributed by atoms with E-state index in [0.717, 1.165) is 24.2 Å². The Morgan fingerprint density at radius 2 is 1.46 bits per heavy atom. The first-order valence-electron chi connectivity index (χ1n) is 9.68. The van der Waals surface area contributed by atoms with Crippen molar-refractivity contribution in [1.82, 2.24) is 5.32 Å². The number of carbonyl (C=O) groups excluding carboxylic acids is 1. The summed E-state index contributed by atoms with van der Waals surface area (Å²) in [5.74, 6) is 1.67. The van der Waals surface area contributed by atoms with E-state index < -0.39 is 5.41 Å². The van der Waals surface area contributed by atoms with Crippen LogP contribution >= 0.6 is 0 Å². The highest BCUT2D eigenvalue weighted by atomic mass is 16.5. The highest BCUT2D eigenvalue weighted by Gasteiger charge is 2.42. The molecule has 1 saturated carbocycles. The molecule has 0 aromatic heterocycles. The number of fused-ring (bicyclic) bond motifs is 2. The van der Waals surface area contributed by atoms with Crippen LogP contribution in [0, 0.1) is 17.8 Å². The first kappa shape index (κ1) is 17.3. The standard InChI is InChI=1S/C23H27NO2/c1-23(19-8-4-2-5-9-19,20-10-6-3-7-11-20)22(25)26-16-21-17-12-13-18(21)15-24-14-17/h2-11,17-18,21,24H,12-16H2,1H3. The first-order valence-corrected chi connectivity index (χ1v) is 9.68. The minimum Gasteiger partial charge on any atom is -0.464 e. The summed E-state index contributed by atoms with van der Waals surface area (Å²) in [5, 5.41) is 3.51. The van der Waals surface area contributed by atoms with E-state index in [-0.39, 0.29) is 5.97 Å². The third-order valence-electron chi connectivity index (χ3n) is 6.45. The zero-order valence-electron chi connectivity index (χ0n) is 15.4. The Morgan fingerprint density at radius 1 is 0.962 bits per heavy atom. The second kappa shape index (κ2) is 7.24. The van der Waals surface area contributed by atoms with Gasteiger partial charge in [0.25, 0.3) is 0 Å². The molecule has 136 valence electrons. The lowest BCUT2D eigenvalue weighted by atomic mass is 9.76. The third-order valence-corrected chi connectivity index (χ3v) is 6.45. The minimum absolute atomic E-state index is 0.146. The van der Waals surface area contributed by atoms with Gasteiger partial charge in [-0.05, 0) is 55.8 Å². The Kier molecular flexibility index (Phi) is 4.82. The molecule has 1 aliphatic carbocycles. The molecule has 1 N–H and O–H groups in total. The molecule has 3 heteroatoms. The molecule has 2 atom stereocenters. The lowest BCUT2D eigenvalue weighted by molar-refractivity contribution is -0.150. The van der Waals surface area contributed by atoms with Crippen LogP contribution < -0.4 is 5.32 Å². The van der Waals surface area contributed by atoms with Gasteiger partial charge in [0, 0.05) is 5.92 Å². The molecule has 2 unspecified atom stereocenters. The molecule has 1 heterocycles. The van der Waals surface area contributed by atoms with Crippen LogP contribution in [0.25, 0.3) is 0 Å². The number of hydrogen-bond acceptors (Lipinski definition) is 3. The smallest absolute Gasteiger partial charge is 0.320 e. The van der Waals surface area contributed by atoms with Crippen molar-refractivity contribution in [3.05, 3.63) is 71.8 Å². The molecule has 0 radical (unpaired) electrons. The van der Waals surface area contributed by atoms with Crippen LogP contribution in [0.3, 0.4) is 0 Å². The summed E-state index contributed by atoms with van der Waals surface area (Å²) in [6, 6.07) is 20.0. The molecule has 1 saturated heterocycles. The second-order valence-electron chi connectivity index (χ2n) is 7.88. The molecule has 0 amide bonds. The van der Waals surface area contributed by atoms with Gasteiger partial charge in [0.1, 0.15) is 5.41 Å². The molecule has 2 aromatic rings. The highest BCUT2D eigenvalue weighted by molar-refractivity contribution is 5.87. The fourth-order valence-electron chi connectivity index (χ4n) is 4.74. The number of hydrogen-bond donors (Lipinski definition) is 1. The Morgan fingerprint density at radius 3 is 1.96 bits per heavy atom. The topological polar surface area (TPSA) is 38.3 Å². The van der Waals surface area contributed by atoms with Crippen LogP contribution in [0.15, 0.2) is 60.7 Å². The summed E-state index contributed by atoms with van der Waals surface area (Å²) in [4.78, 5) is 13.3. The maximum Gasteiger partial charge on any atom is 0.320 e. The van der Waals surface area contributed by atoms with Crippen LogP contribution in [0.4, 0.5) is 0 Å². The maximum atomic E-state index is 13.3. The van der Waals surface area contributed by atoms with Gasteiger partial charge in [-0.15, -0.1) is 0 Å². The summed E-state index contributed by atoms with van der Waals surface area (Å²) in [6.07, 6.45) is 2.52. The van der Waals surface area contributed by atoms with Crippen LogP contribution in [0.5, 0.6) is 0 Å². The van der Waals surface area contributed by atoms with Gasteiger partial charge in [0.15, 0.2) is 0 Å². The normalized spacial score (nSPS) is 25.0. The summed E-state index contributed by atoms with van der Waals surface area (Å²) < 4.78 is 5.97. The predicted octanol–water partition coefficient (Wildman–Crippen LogP) is 3.78. The molecule has 2 bridgehead atoms. The van der Waals surface area contributed by atoms with Crippen molar-refractivity contribution in [3.63, 3.8) is 0 Å². The number of esters is 1. The SMILES string of the molecule is CC(C(=O)OCC1C2CCC1CNC2)(c1ccccc1)c1ccccc1. The van der Waals surface area contributed by atoms with Gasteiger partial charge in [-0.25, -0.2) is 0 Å². The predicted molar refractivity (Wildman–Crippen MR) is 103 cm³/mol. The Hall–Kier alpha value is -2.13. The van der Waals surface area contributed by atoms with E-state index in [1.165, 1.54) is 12.8 Å². The second-order valence-corrected chi connectivity index (χ2v) is 7.88. The van der Waals surface area contributed by atoms with Gasteiger partial charge in [-0.1, -0.05) is 60.7 Å². The van der Waals surface area contributed by atoms with Crippen molar-refractivity contribution in [2.75, 3.05) is 19.7 Å². The zero-order chi connectivity index (χ0) is 18.0. The van der Waals surface area contributed by atoms with E-state index in [2.05, 4.69) is 5.32 Å². The molecular formula is C23H27NO2. The van der Waals surface area contributed by atoms with E-state index >= 15 is 0 Å². The van der Waals surface area contributed by atoms with Gasteiger partial charge in [-0.3, -0.25) is 4.79 Å². The van der Waals surface area contributed by atoms with Crippen molar-refractivity contribution >= 4 is 5.97 Å². The number of nitrogens with one attached hydrogen (secondary N) is 1. The summed E-state index contributed by atoms with van der Waals surface area (Å²) in [5.41, 5.74) is 1.17. The summed E-state index contributed by atoms with van der Waals surface area (Å²) >= 11 is 0. The van der Waals surface area contributed by atoms with Gasteiger partial charge in [0.05, 0.1) is 6.61 Å². The fraction of sp³-hybridized carbons (Fsp3) is 0.435. The van der Waals surface area contributed by atoms with E-state index in [4.69, 9.17) is 4.74 Å². The van der Waals surface area contributed by atoms with Crippen LogP contribution in [-0.4, -0.2) is 25.7 Å². The molecule has 2 aliphatic rings. The number of rotatable bonds is 5. The van der Waals surface area contributed by atoms with E-state index in [1.54, 1.807) is 0 Å². The Balaban J connectivity index is 1.57. The largest absolute Gasteiger partial charge is 0.464 e. The molecule has 2 aromatic carbocycles. The molecule has 2 fully saturated rings. The number of piperidine rings is 1. The third kappa shape index (κ3) is 3.05. The molecule has 26 heavy (non-hydrogen) atoms. The average molecular weight is 349 g/mol. The van der Waals surface area contributed by atoms with Crippen molar-refractivity contribution in [2.24, 2.45) is 17.8 Å². The zero-order valence-corrected chi connectivity index (χ0v) is 15.4. The molecule has 1 aliphatic heterocycles. The summed E-state index contributed by atoms with van der Waals surface area (Å²) in [7, 11) is 0. The van der Waals surface area contributed by atoms with Crippen LogP contribution in [0.2, 0.25) is 0 Å². The lowest BCUT2D eigenvalue weighted by Crippen LogP contribution is -2.42. The average Bonchev–Trinajstić information content (AvgIpc) is 2.92. The number of carbonyl (C=O) groups is 1. The van der Waals surface area contributed by atoms with E-state index in [0.29, 0.717) is 24.4 Å². The number of ether oxygens (including phenoxy) is 1. The van der Waals surface area contributed by atoms with E-state index in [1.807, 2.05) is 67.6 Å². The van der Waals surface area contributed by atoms with Gasteiger partial charge >= 0.3 is 5.97 Å². The van der Waals surface area contributed by atoms with Crippen LogP contribution in [-0.2, 0) is 14.9 Å². The van der Waals surface area contributed by atoms with Crippen LogP contribution in [0.1, 0.15) is 30.9 Å². The molecule has 0 spiro atoms. The lowest BCUT2D eigenvalue weighted by Gasteiger charge is -2.33. The quantitative estimate of drug-likeness (QED) is 0.835.